The second-order valence-corrected chi connectivity index (χ2v) is 5.30. The fourth-order valence-corrected chi connectivity index (χ4v) is 2.73. The van der Waals surface area contributed by atoms with Crippen molar-refractivity contribution >= 4 is 0 Å². The molecule has 0 spiro atoms. The Hall–Kier alpha value is -1.85. The fraction of sp³-hybridized carbons (Fsp3) is 0.400. The molecule has 5 heteroatoms. The molecule has 3 rings (SSSR count). The molecule has 1 aromatic carbocycles. The van der Waals surface area contributed by atoms with Crippen molar-refractivity contribution < 1.29 is 4.74 Å². The minimum Gasteiger partial charge on any atom is -0.488 e. The number of fused-ring (bicyclic) bond motifs is 1. The first-order valence-corrected chi connectivity index (χ1v) is 6.94. The monoisotopic (exact) mass is 272 g/mol. The maximum Gasteiger partial charge on any atom is 0.123 e. The molecule has 0 saturated heterocycles. The van der Waals surface area contributed by atoms with Crippen molar-refractivity contribution in [1.82, 2.24) is 15.2 Å². The largest absolute Gasteiger partial charge is 0.488 e. The first-order valence-electron chi connectivity index (χ1n) is 6.94. The summed E-state index contributed by atoms with van der Waals surface area (Å²) < 4.78 is 7.81. The molecule has 0 bridgehead atoms. The quantitative estimate of drug-likeness (QED) is 0.634. The molecule has 1 aliphatic rings. The summed E-state index contributed by atoms with van der Waals surface area (Å²) in [7, 11) is 1.93. The predicted molar refractivity (Wildman–Crippen MR) is 77.2 cm³/mol. The third-order valence-corrected chi connectivity index (χ3v) is 3.84. The van der Waals surface area contributed by atoms with Gasteiger partial charge in [0.2, 0.25) is 0 Å². The Kier molecular flexibility index (Phi) is 3.71. The molecule has 5 nitrogen and oxygen atoms in total. The number of nitrogens with two attached hydrogens (primary N) is 1. The topological polar surface area (TPSA) is 65.1 Å². The van der Waals surface area contributed by atoms with E-state index in [-0.39, 0.29) is 12.1 Å². The number of para-hydroxylation sites is 1. The highest BCUT2D eigenvalue weighted by Crippen LogP contribution is 2.30. The summed E-state index contributed by atoms with van der Waals surface area (Å²) in [5, 5.41) is 4.18. The van der Waals surface area contributed by atoms with E-state index in [1.807, 2.05) is 42.3 Å². The van der Waals surface area contributed by atoms with Gasteiger partial charge >= 0.3 is 0 Å². The summed E-state index contributed by atoms with van der Waals surface area (Å²) in [5.74, 6) is 6.69. The number of hydrogen-bond acceptors (Lipinski definition) is 4. The summed E-state index contributed by atoms with van der Waals surface area (Å²) in [6.07, 6.45) is 6.84. The van der Waals surface area contributed by atoms with Gasteiger partial charge < -0.3 is 4.74 Å². The average Bonchev–Trinajstić information content (AvgIpc) is 3.05. The zero-order valence-electron chi connectivity index (χ0n) is 11.6. The Morgan fingerprint density at radius 1 is 1.50 bits per heavy atom. The number of ether oxygens (including phenoxy) is 1. The highest BCUT2D eigenvalue weighted by molar-refractivity contribution is 5.37. The molecule has 0 saturated carbocycles. The lowest BCUT2D eigenvalue weighted by Gasteiger charge is -2.22. The molecular formula is C15H20N4O. The third-order valence-electron chi connectivity index (χ3n) is 3.84. The van der Waals surface area contributed by atoms with Crippen molar-refractivity contribution in [2.45, 2.75) is 31.4 Å². The number of nitrogens with zero attached hydrogens (tertiary/aromatic N) is 2. The van der Waals surface area contributed by atoms with Crippen molar-refractivity contribution in [2.24, 2.45) is 12.9 Å². The van der Waals surface area contributed by atoms with Crippen molar-refractivity contribution in [3.05, 3.63) is 47.8 Å². The maximum atomic E-state index is 5.99. The van der Waals surface area contributed by atoms with E-state index < -0.39 is 0 Å². The van der Waals surface area contributed by atoms with Crippen LogP contribution in [0, 0.1) is 0 Å². The summed E-state index contributed by atoms with van der Waals surface area (Å²) in [5.41, 5.74) is 5.39. The summed E-state index contributed by atoms with van der Waals surface area (Å²) in [6, 6.07) is 8.32. The SMILES string of the molecule is Cn1cc(CCC(NN)C2Cc3ccccc3O2)cn1. The molecule has 0 aliphatic carbocycles. The second kappa shape index (κ2) is 5.64. The normalized spacial score (nSPS) is 18.6. The number of hydrazine groups is 1. The van der Waals surface area contributed by atoms with Gasteiger partial charge in [-0.2, -0.15) is 5.10 Å². The van der Waals surface area contributed by atoms with Gasteiger partial charge in [-0.15, -0.1) is 0 Å². The molecule has 20 heavy (non-hydrogen) atoms. The molecule has 0 radical (unpaired) electrons. The average molecular weight is 272 g/mol. The molecule has 1 aliphatic heterocycles. The zero-order valence-corrected chi connectivity index (χ0v) is 11.6. The van der Waals surface area contributed by atoms with E-state index in [1.165, 1.54) is 11.1 Å². The molecule has 2 heterocycles. The van der Waals surface area contributed by atoms with Crippen LogP contribution in [-0.2, 0) is 19.9 Å². The van der Waals surface area contributed by atoms with Crippen LogP contribution >= 0.6 is 0 Å². The molecule has 106 valence electrons. The van der Waals surface area contributed by atoms with Crippen LogP contribution in [-0.4, -0.2) is 21.9 Å². The Morgan fingerprint density at radius 2 is 2.35 bits per heavy atom. The zero-order chi connectivity index (χ0) is 13.9. The van der Waals surface area contributed by atoms with Gasteiger partial charge in [-0.25, -0.2) is 0 Å². The lowest BCUT2D eigenvalue weighted by atomic mass is 9.99. The Balaban J connectivity index is 1.61. The molecule has 2 aromatic rings. The lowest BCUT2D eigenvalue weighted by molar-refractivity contribution is 0.172. The molecular weight excluding hydrogens is 252 g/mol. The number of benzene rings is 1. The summed E-state index contributed by atoms with van der Waals surface area (Å²) in [6.45, 7) is 0. The first kappa shape index (κ1) is 13.1. The number of rotatable bonds is 5. The van der Waals surface area contributed by atoms with Crippen LogP contribution in [0.25, 0.3) is 0 Å². The van der Waals surface area contributed by atoms with Crippen LogP contribution in [0.4, 0.5) is 0 Å². The van der Waals surface area contributed by atoms with Gasteiger partial charge in [0, 0.05) is 19.7 Å². The predicted octanol–water partition coefficient (Wildman–Crippen LogP) is 1.19. The highest BCUT2D eigenvalue weighted by atomic mass is 16.5. The van der Waals surface area contributed by atoms with Crippen molar-refractivity contribution in [3.8, 4) is 5.75 Å². The van der Waals surface area contributed by atoms with E-state index >= 15 is 0 Å². The van der Waals surface area contributed by atoms with Gasteiger partial charge in [0.25, 0.3) is 0 Å². The minimum atomic E-state index is 0.106. The van der Waals surface area contributed by atoms with E-state index in [9.17, 15) is 0 Å². The van der Waals surface area contributed by atoms with E-state index in [1.54, 1.807) is 0 Å². The molecule has 2 atom stereocenters. The van der Waals surface area contributed by atoms with Gasteiger partial charge in [0.05, 0.1) is 12.2 Å². The van der Waals surface area contributed by atoms with Gasteiger partial charge in [0.1, 0.15) is 11.9 Å². The maximum absolute atomic E-state index is 5.99. The van der Waals surface area contributed by atoms with Crippen molar-refractivity contribution in [2.75, 3.05) is 0 Å². The van der Waals surface area contributed by atoms with E-state index in [2.05, 4.69) is 16.6 Å². The molecule has 0 amide bonds. The van der Waals surface area contributed by atoms with Crippen LogP contribution in [0.5, 0.6) is 5.75 Å². The van der Waals surface area contributed by atoms with Gasteiger partial charge in [-0.3, -0.25) is 16.0 Å². The molecule has 1 aromatic heterocycles. The summed E-state index contributed by atoms with van der Waals surface area (Å²) in [4.78, 5) is 0. The minimum absolute atomic E-state index is 0.106. The molecule has 2 unspecified atom stereocenters. The molecule has 0 fully saturated rings. The Bertz CT molecular complexity index is 556. The van der Waals surface area contributed by atoms with Crippen LogP contribution in [0.1, 0.15) is 17.5 Å². The van der Waals surface area contributed by atoms with Crippen LogP contribution < -0.4 is 16.0 Å². The summed E-state index contributed by atoms with van der Waals surface area (Å²) >= 11 is 0. The fourth-order valence-electron chi connectivity index (χ4n) is 2.73. The standard InChI is InChI=1S/C15H20N4O/c1-19-10-11(9-17-19)6-7-13(18-16)15-8-12-4-2-3-5-14(12)20-15/h2-5,9-10,13,15,18H,6-8,16H2,1H3. The Labute approximate surface area is 118 Å². The molecule has 3 N–H and O–H groups in total. The van der Waals surface area contributed by atoms with Crippen molar-refractivity contribution in [3.63, 3.8) is 0 Å². The van der Waals surface area contributed by atoms with E-state index in [0.717, 1.165) is 25.0 Å². The number of hydrogen-bond donors (Lipinski definition) is 2. The van der Waals surface area contributed by atoms with Crippen molar-refractivity contribution in [1.29, 1.82) is 0 Å². The lowest BCUT2D eigenvalue weighted by Crippen LogP contribution is -2.46. The highest BCUT2D eigenvalue weighted by Gasteiger charge is 2.29. The third kappa shape index (κ3) is 2.69. The first-order chi connectivity index (χ1) is 9.76. The van der Waals surface area contributed by atoms with Crippen LogP contribution in [0.2, 0.25) is 0 Å². The Morgan fingerprint density at radius 3 is 3.05 bits per heavy atom. The van der Waals surface area contributed by atoms with Gasteiger partial charge in [-0.05, 0) is 30.0 Å². The van der Waals surface area contributed by atoms with Crippen LogP contribution in [0.3, 0.4) is 0 Å². The van der Waals surface area contributed by atoms with E-state index in [4.69, 9.17) is 10.6 Å². The number of nitrogens with one attached hydrogen (secondary N) is 1. The van der Waals surface area contributed by atoms with Gasteiger partial charge in [-0.1, -0.05) is 18.2 Å². The number of aryl methyl sites for hydroxylation is 2. The second-order valence-electron chi connectivity index (χ2n) is 5.30. The van der Waals surface area contributed by atoms with Gasteiger partial charge in [0.15, 0.2) is 0 Å². The smallest absolute Gasteiger partial charge is 0.123 e. The number of aromatic nitrogens is 2. The van der Waals surface area contributed by atoms with Crippen LogP contribution in [0.15, 0.2) is 36.7 Å². The van der Waals surface area contributed by atoms with E-state index in [0.29, 0.717) is 0 Å².